The minimum absolute atomic E-state index is 0.128. The molecule has 1 saturated heterocycles. The van der Waals surface area contributed by atoms with Gasteiger partial charge in [0.1, 0.15) is 5.69 Å². The molecule has 0 saturated carbocycles. The van der Waals surface area contributed by atoms with E-state index in [4.69, 9.17) is 40.5 Å². The molecule has 1 atom stereocenters. The number of hydrogen-bond acceptors (Lipinski definition) is 5. The maximum Gasteiger partial charge on any atom is 0.272 e. The van der Waals surface area contributed by atoms with Crippen molar-refractivity contribution in [1.29, 1.82) is 0 Å². The second kappa shape index (κ2) is 14.3. The number of carbonyl (C=O) groups excluding carboxylic acids is 1. The molecule has 2 aliphatic heterocycles. The minimum Gasteiger partial charge on any atom is -0.355 e. The lowest BCUT2D eigenvalue weighted by Gasteiger charge is -2.32. The summed E-state index contributed by atoms with van der Waals surface area (Å²) in [5, 5.41) is 5.82. The van der Waals surface area contributed by atoms with Gasteiger partial charge in [0.15, 0.2) is 5.82 Å². The zero-order chi connectivity index (χ0) is 34.1. The third kappa shape index (κ3) is 6.94. The van der Waals surface area contributed by atoms with Crippen molar-refractivity contribution in [3.05, 3.63) is 135 Å². The van der Waals surface area contributed by atoms with Crippen LogP contribution in [0.3, 0.4) is 0 Å². The Morgan fingerprint density at radius 1 is 0.980 bits per heavy atom. The van der Waals surface area contributed by atoms with Gasteiger partial charge in [-0.05, 0) is 78.3 Å². The van der Waals surface area contributed by atoms with Crippen molar-refractivity contribution in [2.24, 2.45) is 11.7 Å². The molecule has 3 aromatic carbocycles. The van der Waals surface area contributed by atoms with Crippen molar-refractivity contribution in [3.63, 3.8) is 0 Å². The fraction of sp³-hybridized carbons (Fsp3) is 0.231. The number of rotatable bonds is 7. The lowest BCUT2D eigenvalue weighted by Crippen LogP contribution is -2.40. The van der Waals surface area contributed by atoms with Crippen LogP contribution in [0.5, 0.6) is 0 Å². The molecule has 7 rings (SSSR count). The number of piperidine rings is 1. The van der Waals surface area contributed by atoms with Crippen LogP contribution in [0.2, 0.25) is 15.1 Å². The lowest BCUT2D eigenvalue weighted by atomic mass is 9.87. The summed E-state index contributed by atoms with van der Waals surface area (Å²) >= 11 is 19.6. The number of aromatic nitrogens is 2. The van der Waals surface area contributed by atoms with Crippen LogP contribution < -0.4 is 16.0 Å². The van der Waals surface area contributed by atoms with Crippen molar-refractivity contribution in [2.75, 3.05) is 23.3 Å². The number of aromatic amines is 1. The Kier molecular flexibility index (Phi) is 9.70. The highest BCUT2D eigenvalue weighted by Crippen LogP contribution is 2.44. The number of pyridine rings is 1. The summed E-state index contributed by atoms with van der Waals surface area (Å²) in [4.78, 5) is 27.2. The number of fused-ring (bicyclic) bond motifs is 1. The molecule has 0 radical (unpaired) electrons. The maximum absolute atomic E-state index is 14.6. The Morgan fingerprint density at radius 3 is 2.51 bits per heavy atom. The number of benzene rings is 3. The lowest BCUT2D eigenvalue weighted by molar-refractivity contribution is 0.102. The zero-order valence-corrected chi connectivity index (χ0v) is 29.4. The van der Waals surface area contributed by atoms with Gasteiger partial charge in [-0.1, -0.05) is 90.3 Å². The Labute approximate surface area is 301 Å². The van der Waals surface area contributed by atoms with Crippen molar-refractivity contribution < 1.29 is 4.79 Å². The first-order chi connectivity index (χ1) is 23.8. The Morgan fingerprint density at radius 2 is 1.73 bits per heavy atom. The molecule has 0 aliphatic carbocycles. The van der Waals surface area contributed by atoms with E-state index < -0.39 is 0 Å². The van der Waals surface area contributed by atoms with Gasteiger partial charge in [-0.15, -0.1) is 0 Å². The van der Waals surface area contributed by atoms with E-state index in [2.05, 4.69) is 56.4 Å². The van der Waals surface area contributed by atoms with Gasteiger partial charge in [-0.25, -0.2) is 4.98 Å². The van der Waals surface area contributed by atoms with E-state index in [0.717, 1.165) is 77.0 Å². The third-order valence-electron chi connectivity index (χ3n) is 9.35. The van der Waals surface area contributed by atoms with E-state index in [-0.39, 0.29) is 17.9 Å². The largest absolute Gasteiger partial charge is 0.355 e. The quantitative estimate of drug-likeness (QED) is 0.156. The fourth-order valence-corrected chi connectivity index (χ4v) is 7.52. The van der Waals surface area contributed by atoms with Crippen LogP contribution in [-0.2, 0) is 6.54 Å². The number of nitrogens with two attached hydrogens (primary N) is 1. The fourth-order valence-electron chi connectivity index (χ4n) is 6.88. The summed E-state index contributed by atoms with van der Waals surface area (Å²) in [6, 6.07) is 25.5. The summed E-state index contributed by atoms with van der Waals surface area (Å²) < 4.78 is 0. The molecule has 1 amide bonds. The van der Waals surface area contributed by atoms with Gasteiger partial charge in [0.05, 0.1) is 11.4 Å². The molecular weight excluding hydrogens is 675 g/mol. The molecule has 250 valence electrons. The number of allylic oxidation sites excluding steroid dienone is 2. The highest BCUT2D eigenvalue weighted by Gasteiger charge is 2.31. The monoisotopic (exact) mass is 710 g/mol. The van der Waals surface area contributed by atoms with Crippen LogP contribution in [0.15, 0.2) is 97.3 Å². The predicted octanol–water partition coefficient (Wildman–Crippen LogP) is 9.63. The number of carbonyl (C=O) groups is 1. The first kappa shape index (κ1) is 33.2. The number of amides is 1. The molecular formula is C39H37Cl3N6O. The minimum atomic E-state index is -0.282. The summed E-state index contributed by atoms with van der Waals surface area (Å²) in [7, 11) is 0. The summed E-state index contributed by atoms with van der Waals surface area (Å²) in [6.07, 6.45) is 8.59. The van der Waals surface area contributed by atoms with Crippen LogP contribution in [0, 0.1) is 5.92 Å². The number of hydrogen-bond donors (Lipinski definition) is 3. The predicted molar refractivity (Wildman–Crippen MR) is 203 cm³/mol. The van der Waals surface area contributed by atoms with E-state index in [0.29, 0.717) is 33.0 Å². The van der Waals surface area contributed by atoms with Gasteiger partial charge in [0, 0.05) is 69.6 Å². The molecule has 1 unspecified atom stereocenters. The summed E-state index contributed by atoms with van der Waals surface area (Å²) in [6.45, 7) is 4.23. The molecule has 7 nitrogen and oxygen atoms in total. The molecule has 5 aromatic rings. The second-order valence-electron chi connectivity index (χ2n) is 12.7. The molecule has 0 spiro atoms. The number of anilines is 2. The number of H-pyrrole nitrogens is 1. The Hall–Kier alpha value is -4.27. The van der Waals surface area contributed by atoms with Crippen molar-refractivity contribution in [2.45, 2.75) is 38.8 Å². The number of nitrogens with one attached hydrogen (secondary N) is 2. The van der Waals surface area contributed by atoms with Crippen LogP contribution >= 0.6 is 34.8 Å². The van der Waals surface area contributed by atoms with E-state index in [1.165, 1.54) is 0 Å². The van der Waals surface area contributed by atoms with E-state index in [1.807, 2.05) is 60.7 Å². The zero-order valence-electron chi connectivity index (χ0n) is 27.1. The normalized spacial score (nSPS) is 17.1. The SMILES string of the molecule is CC1CC=CN(Cc2ccc(Cl)cc2Cl)C(c2c(C(=O)Nc3cccnc3N3CCC(N)CC3)[nH]c3cc(Cl)ccc23)=C1c1ccccc1. The second-order valence-corrected chi connectivity index (χ2v) is 14.0. The van der Waals surface area contributed by atoms with Crippen LogP contribution in [-0.4, -0.2) is 39.9 Å². The standard InChI is InChI=1S/C39H37Cl3N6O/c1-24-7-6-18-48(23-26-11-12-27(40)21-31(26)42)37(34(24)25-8-3-2-4-9-25)35-30-14-13-28(41)22-33(30)45-36(35)39(49)46-32-10-5-17-44-38(32)47-19-15-29(43)16-20-47/h2-6,8-14,17-18,21-22,24,29,45H,7,15-16,19-20,23,43H2,1H3,(H,46,49). The average Bonchev–Trinajstić information content (AvgIpc) is 3.38. The summed E-state index contributed by atoms with van der Waals surface area (Å²) in [5.74, 6) is 0.580. The van der Waals surface area contributed by atoms with Crippen molar-refractivity contribution in [3.8, 4) is 0 Å². The Bertz CT molecular complexity index is 2070. The van der Waals surface area contributed by atoms with Gasteiger partial charge in [-0.3, -0.25) is 4.79 Å². The van der Waals surface area contributed by atoms with Crippen LogP contribution in [0.1, 0.15) is 53.4 Å². The van der Waals surface area contributed by atoms with E-state index in [9.17, 15) is 4.79 Å². The number of nitrogens with zero attached hydrogens (tertiary/aromatic N) is 3. The highest BCUT2D eigenvalue weighted by atomic mass is 35.5. The van der Waals surface area contributed by atoms with E-state index >= 15 is 0 Å². The third-order valence-corrected chi connectivity index (χ3v) is 10.2. The van der Waals surface area contributed by atoms with Gasteiger partial charge >= 0.3 is 0 Å². The molecule has 49 heavy (non-hydrogen) atoms. The van der Waals surface area contributed by atoms with Gasteiger partial charge in [0.25, 0.3) is 5.91 Å². The van der Waals surface area contributed by atoms with E-state index in [1.54, 1.807) is 12.3 Å². The van der Waals surface area contributed by atoms with Crippen molar-refractivity contribution >= 4 is 74.4 Å². The summed E-state index contributed by atoms with van der Waals surface area (Å²) in [5.41, 5.74) is 12.8. The number of halogens is 3. The molecule has 4 N–H and O–H groups in total. The molecule has 4 heterocycles. The van der Waals surface area contributed by atoms with Crippen LogP contribution in [0.25, 0.3) is 22.2 Å². The molecule has 0 bridgehead atoms. The first-order valence-electron chi connectivity index (χ1n) is 16.5. The van der Waals surface area contributed by atoms with Gasteiger partial charge in [-0.2, -0.15) is 0 Å². The van der Waals surface area contributed by atoms with Crippen molar-refractivity contribution in [1.82, 2.24) is 14.9 Å². The van der Waals surface area contributed by atoms with Gasteiger partial charge in [0.2, 0.25) is 0 Å². The topological polar surface area (TPSA) is 90.3 Å². The molecule has 2 aliphatic rings. The highest BCUT2D eigenvalue weighted by molar-refractivity contribution is 6.35. The Balaban J connectivity index is 1.41. The maximum atomic E-state index is 14.6. The van der Waals surface area contributed by atoms with Gasteiger partial charge < -0.3 is 25.8 Å². The van der Waals surface area contributed by atoms with Crippen LogP contribution in [0.4, 0.5) is 11.5 Å². The first-order valence-corrected chi connectivity index (χ1v) is 17.7. The molecule has 1 fully saturated rings. The average molecular weight is 712 g/mol. The molecule has 10 heteroatoms. The smallest absolute Gasteiger partial charge is 0.272 e. The molecule has 2 aromatic heterocycles.